The van der Waals surface area contributed by atoms with E-state index in [2.05, 4.69) is 26.9 Å². The van der Waals surface area contributed by atoms with Gasteiger partial charge < -0.3 is 10.0 Å². The van der Waals surface area contributed by atoms with Crippen LogP contribution < -0.4 is 4.90 Å². The third kappa shape index (κ3) is 2.37. The van der Waals surface area contributed by atoms with Crippen molar-refractivity contribution in [3.05, 3.63) is 28.2 Å². The van der Waals surface area contributed by atoms with E-state index in [1.54, 1.807) is 6.07 Å². The third-order valence-corrected chi connectivity index (χ3v) is 3.45. The summed E-state index contributed by atoms with van der Waals surface area (Å²) >= 11 is 3.47. The van der Waals surface area contributed by atoms with Crippen molar-refractivity contribution >= 4 is 21.6 Å². The number of piperidine rings is 1. The summed E-state index contributed by atoms with van der Waals surface area (Å²) < 4.78 is 0.917. The summed E-state index contributed by atoms with van der Waals surface area (Å²) in [5, 5.41) is 18.4. The maximum Gasteiger partial charge on any atom is 0.0992 e. The second kappa shape index (κ2) is 4.86. The molecule has 1 unspecified atom stereocenters. The molecule has 0 saturated carbocycles. The van der Waals surface area contributed by atoms with E-state index in [0.717, 1.165) is 29.5 Å². The summed E-state index contributed by atoms with van der Waals surface area (Å²) in [6, 6.07) is 7.66. The summed E-state index contributed by atoms with van der Waals surface area (Å²) in [4.78, 5) is 2.15. The number of nitrogens with zero attached hydrogens (tertiary/aromatic N) is 2. The molecule has 0 radical (unpaired) electrons. The van der Waals surface area contributed by atoms with Crippen molar-refractivity contribution in [2.24, 2.45) is 0 Å². The molecule has 0 spiro atoms. The number of β-amino-alcohol motifs (C(OH)–C–C–N with tert-alkyl or cyclic N) is 1. The Morgan fingerprint density at radius 3 is 2.94 bits per heavy atom. The average Bonchev–Trinajstić information content (AvgIpc) is 2.28. The van der Waals surface area contributed by atoms with Crippen LogP contribution in [0.5, 0.6) is 0 Å². The van der Waals surface area contributed by atoms with Crippen LogP contribution in [0.15, 0.2) is 22.7 Å². The first kappa shape index (κ1) is 11.4. The summed E-state index contributed by atoms with van der Waals surface area (Å²) in [7, 11) is 0. The lowest BCUT2D eigenvalue weighted by atomic mass is 10.1. The Kier molecular flexibility index (Phi) is 3.47. The molecule has 1 atom stereocenters. The van der Waals surface area contributed by atoms with Gasteiger partial charge in [-0.05, 0) is 47.0 Å². The fraction of sp³-hybridized carbons (Fsp3) is 0.417. The van der Waals surface area contributed by atoms with E-state index < -0.39 is 0 Å². The maximum atomic E-state index is 9.62. The molecule has 4 heteroatoms. The molecule has 1 aliphatic heterocycles. The molecule has 1 fully saturated rings. The molecule has 1 aromatic carbocycles. The minimum Gasteiger partial charge on any atom is -0.391 e. The van der Waals surface area contributed by atoms with Crippen LogP contribution in [0.2, 0.25) is 0 Å². The molecule has 1 aliphatic rings. The van der Waals surface area contributed by atoms with Crippen molar-refractivity contribution in [1.82, 2.24) is 0 Å². The Morgan fingerprint density at radius 2 is 2.31 bits per heavy atom. The van der Waals surface area contributed by atoms with Crippen molar-refractivity contribution < 1.29 is 5.11 Å². The molecule has 1 heterocycles. The van der Waals surface area contributed by atoms with Gasteiger partial charge in [0.15, 0.2) is 0 Å². The topological polar surface area (TPSA) is 47.3 Å². The van der Waals surface area contributed by atoms with Gasteiger partial charge in [-0.25, -0.2) is 0 Å². The summed E-state index contributed by atoms with van der Waals surface area (Å²) in [6.07, 6.45) is 1.65. The van der Waals surface area contributed by atoms with Gasteiger partial charge in [0.2, 0.25) is 0 Å². The molecule has 1 N–H and O–H groups in total. The SMILES string of the molecule is N#Cc1ccc(N2CCCC(O)C2)c(Br)c1. The zero-order valence-electron chi connectivity index (χ0n) is 8.86. The maximum absolute atomic E-state index is 9.62. The van der Waals surface area contributed by atoms with Crippen LogP contribution in [0.25, 0.3) is 0 Å². The highest BCUT2D eigenvalue weighted by Gasteiger charge is 2.19. The molecule has 84 valence electrons. The monoisotopic (exact) mass is 280 g/mol. The molecule has 0 aromatic heterocycles. The number of anilines is 1. The van der Waals surface area contributed by atoms with E-state index in [4.69, 9.17) is 5.26 Å². The van der Waals surface area contributed by atoms with Gasteiger partial charge in [0.05, 0.1) is 23.4 Å². The van der Waals surface area contributed by atoms with E-state index in [1.807, 2.05) is 12.1 Å². The fourth-order valence-electron chi connectivity index (χ4n) is 2.01. The molecular weight excluding hydrogens is 268 g/mol. The largest absolute Gasteiger partial charge is 0.391 e. The van der Waals surface area contributed by atoms with Crippen LogP contribution in [-0.4, -0.2) is 24.3 Å². The first-order chi connectivity index (χ1) is 7.70. The minimum absolute atomic E-state index is 0.240. The van der Waals surface area contributed by atoms with Gasteiger partial charge in [0, 0.05) is 17.6 Å². The standard InChI is InChI=1S/C12H13BrN2O/c13-11-6-9(7-14)3-4-12(11)15-5-1-2-10(16)8-15/h3-4,6,10,16H,1-2,5,8H2. The molecule has 1 saturated heterocycles. The number of aliphatic hydroxyl groups is 1. The quantitative estimate of drug-likeness (QED) is 0.859. The van der Waals surface area contributed by atoms with Crippen molar-refractivity contribution in [1.29, 1.82) is 5.26 Å². The Balaban J connectivity index is 2.23. The summed E-state index contributed by atoms with van der Waals surface area (Å²) in [6.45, 7) is 1.63. The molecule has 2 rings (SSSR count). The highest BCUT2D eigenvalue weighted by Crippen LogP contribution is 2.29. The Morgan fingerprint density at radius 1 is 1.50 bits per heavy atom. The van der Waals surface area contributed by atoms with Crippen LogP contribution in [-0.2, 0) is 0 Å². The van der Waals surface area contributed by atoms with Crippen LogP contribution >= 0.6 is 15.9 Å². The predicted octanol–water partition coefficient (Wildman–Crippen LogP) is 2.28. The number of halogens is 1. The number of rotatable bonds is 1. The van der Waals surface area contributed by atoms with Gasteiger partial charge in [0.1, 0.15) is 0 Å². The van der Waals surface area contributed by atoms with Crippen LogP contribution in [0.1, 0.15) is 18.4 Å². The number of nitriles is 1. The van der Waals surface area contributed by atoms with Gasteiger partial charge in [-0.1, -0.05) is 0 Å². The van der Waals surface area contributed by atoms with Crippen molar-refractivity contribution in [3.8, 4) is 6.07 Å². The van der Waals surface area contributed by atoms with Crippen LogP contribution in [0.4, 0.5) is 5.69 Å². The molecular formula is C12H13BrN2O. The Labute approximate surface area is 103 Å². The normalized spacial score (nSPS) is 20.6. The van der Waals surface area contributed by atoms with Crippen molar-refractivity contribution in [3.63, 3.8) is 0 Å². The van der Waals surface area contributed by atoms with E-state index in [1.165, 1.54) is 0 Å². The molecule has 1 aromatic rings. The average molecular weight is 281 g/mol. The summed E-state index contributed by atoms with van der Waals surface area (Å²) in [5.41, 5.74) is 1.70. The molecule has 16 heavy (non-hydrogen) atoms. The number of hydrogen-bond acceptors (Lipinski definition) is 3. The number of hydrogen-bond donors (Lipinski definition) is 1. The zero-order valence-corrected chi connectivity index (χ0v) is 10.4. The molecule has 3 nitrogen and oxygen atoms in total. The van der Waals surface area contributed by atoms with Crippen LogP contribution in [0, 0.1) is 11.3 Å². The first-order valence-electron chi connectivity index (χ1n) is 5.33. The Bertz CT molecular complexity index is 428. The lowest BCUT2D eigenvalue weighted by molar-refractivity contribution is 0.154. The van der Waals surface area contributed by atoms with Gasteiger partial charge in [-0.2, -0.15) is 5.26 Å². The first-order valence-corrected chi connectivity index (χ1v) is 6.12. The van der Waals surface area contributed by atoms with E-state index in [-0.39, 0.29) is 6.10 Å². The van der Waals surface area contributed by atoms with Crippen molar-refractivity contribution in [2.75, 3.05) is 18.0 Å². The molecule has 0 amide bonds. The van der Waals surface area contributed by atoms with E-state index >= 15 is 0 Å². The second-order valence-corrected chi connectivity index (χ2v) is 4.87. The highest BCUT2D eigenvalue weighted by molar-refractivity contribution is 9.10. The minimum atomic E-state index is -0.240. The number of benzene rings is 1. The highest BCUT2D eigenvalue weighted by atomic mass is 79.9. The van der Waals surface area contributed by atoms with Crippen LogP contribution in [0.3, 0.4) is 0 Å². The smallest absolute Gasteiger partial charge is 0.0992 e. The van der Waals surface area contributed by atoms with Gasteiger partial charge in [-0.3, -0.25) is 0 Å². The van der Waals surface area contributed by atoms with Gasteiger partial charge in [-0.15, -0.1) is 0 Å². The lowest BCUT2D eigenvalue weighted by Gasteiger charge is -2.32. The second-order valence-electron chi connectivity index (χ2n) is 4.02. The van der Waals surface area contributed by atoms with E-state index in [9.17, 15) is 5.11 Å². The van der Waals surface area contributed by atoms with Gasteiger partial charge >= 0.3 is 0 Å². The lowest BCUT2D eigenvalue weighted by Crippen LogP contribution is -2.38. The predicted molar refractivity (Wildman–Crippen MR) is 66.3 cm³/mol. The molecule has 0 bridgehead atoms. The Hall–Kier alpha value is -1.05. The molecule has 0 aliphatic carbocycles. The third-order valence-electron chi connectivity index (χ3n) is 2.81. The summed E-state index contributed by atoms with van der Waals surface area (Å²) in [5.74, 6) is 0. The fourth-order valence-corrected chi connectivity index (χ4v) is 2.64. The van der Waals surface area contributed by atoms with Crippen molar-refractivity contribution in [2.45, 2.75) is 18.9 Å². The number of aliphatic hydroxyl groups excluding tert-OH is 1. The van der Waals surface area contributed by atoms with Gasteiger partial charge in [0.25, 0.3) is 0 Å². The zero-order chi connectivity index (χ0) is 11.5. The van der Waals surface area contributed by atoms with E-state index in [0.29, 0.717) is 12.1 Å².